The van der Waals surface area contributed by atoms with Crippen molar-refractivity contribution in [3.63, 3.8) is 0 Å². The molecule has 5 nitrogen and oxygen atoms in total. The van der Waals surface area contributed by atoms with Crippen LogP contribution in [-0.2, 0) is 4.74 Å². The molecule has 0 aliphatic heterocycles. The number of carbonyl (C=O) groups is 2. The van der Waals surface area contributed by atoms with Crippen LogP contribution in [0.15, 0.2) is 78.9 Å². The van der Waals surface area contributed by atoms with Gasteiger partial charge in [0.25, 0.3) is 5.91 Å². The lowest BCUT2D eigenvalue weighted by Crippen LogP contribution is -2.18. The first-order valence-electron chi connectivity index (χ1n) is 11.0. The molecule has 33 heavy (non-hydrogen) atoms. The highest BCUT2D eigenvalue weighted by molar-refractivity contribution is 6.30. The van der Waals surface area contributed by atoms with Crippen molar-refractivity contribution in [2.75, 3.05) is 11.9 Å². The van der Waals surface area contributed by atoms with Gasteiger partial charge in [0.2, 0.25) is 0 Å². The average molecular weight is 461 g/mol. The lowest BCUT2D eigenvalue weighted by atomic mass is 10.1. The minimum atomic E-state index is -0.455. The maximum Gasteiger partial charge on any atom is 0.342 e. The Kier molecular flexibility index (Phi) is 7.10. The number of hydrogen-bond acceptors (Lipinski definition) is 3. The Morgan fingerprint density at radius 3 is 2.33 bits per heavy atom. The third-order valence-electron chi connectivity index (χ3n) is 5.41. The first-order chi connectivity index (χ1) is 16.1. The van der Waals surface area contributed by atoms with E-state index in [0.29, 0.717) is 34.0 Å². The van der Waals surface area contributed by atoms with E-state index in [2.05, 4.69) is 12.2 Å². The zero-order chi connectivity index (χ0) is 23.2. The van der Waals surface area contributed by atoms with Gasteiger partial charge < -0.3 is 10.1 Å². The number of nitrogens with one attached hydrogen (secondary N) is 1. The summed E-state index contributed by atoms with van der Waals surface area (Å²) < 4.78 is 7.49. The summed E-state index contributed by atoms with van der Waals surface area (Å²) in [4.78, 5) is 26.4. The highest BCUT2D eigenvalue weighted by atomic mass is 35.5. The molecule has 0 aliphatic carbocycles. The summed E-state index contributed by atoms with van der Waals surface area (Å²) in [7, 11) is 0. The molecule has 0 unspecified atom stereocenters. The van der Waals surface area contributed by atoms with Gasteiger partial charge in [-0.2, -0.15) is 0 Å². The molecule has 1 aromatic heterocycles. The molecule has 4 rings (SSSR count). The number of nitrogens with zero attached hydrogens (tertiary/aromatic N) is 1. The highest BCUT2D eigenvalue weighted by Gasteiger charge is 2.26. The Labute approximate surface area is 197 Å². The number of ether oxygens (including phenoxy) is 1. The maximum absolute atomic E-state index is 13.2. The van der Waals surface area contributed by atoms with Gasteiger partial charge in [0.1, 0.15) is 11.4 Å². The van der Waals surface area contributed by atoms with Crippen LogP contribution in [0.3, 0.4) is 0 Å². The first kappa shape index (κ1) is 22.6. The zero-order valence-electron chi connectivity index (χ0n) is 18.4. The van der Waals surface area contributed by atoms with Crippen LogP contribution in [0.25, 0.3) is 16.6 Å². The van der Waals surface area contributed by atoms with Crippen molar-refractivity contribution in [2.24, 2.45) is 0 Å². The summed E-state index contributed by atoms with van der Waals surface area (Å²) >= 11 is 5.98. The lowest BCUT2D eigenvalue weighted by molar-refractivity contribution is 0.0501. The standard InChI is InChI=1S/C27H25ClN2O3/c1-2-3-9-18-33-27(32)24-22-12-7-8-13-23(22)30(21-10-5-4-6-11-21)25(24)29-26(31)19-14-16-20(28)17-15-19/h4-8,10-17H,2-3,9,18H2,1H3,(H,29,31). The maximum atomic E-state index is 13.2. The third-order valence-corrected chi connectivity index (χ3v) is 5.66. The number of benzene rings is 3. The van der Waals surface area contributed by atoms with Crippen molar-refractivity contribution in [2.45, 2.75) is 26.2 Å². The molecule has 0 fully saturated rings. The lowest BCUT2D eigenvalue weighted by Gasteiger charge is -2.14. The Morgan fingerprint density at radius 2 is 1.61 bits per heavy atom. The number of para-hydroxylation sites is 2. The molecular formula is C27H25ClN2O3. The average Bonchev–Trinajstić information content (AvgIpc) is 3.16. The van der Waals surface area contributed by atoms with Crippen molar-refractivity contribution in [3.05, 3.63) is 95.0 Å². The molecule has 1 N–H and O–H groups in total. The molecule has 0 bridgehead atoms. The molecule has 168 valence electrons. The van der Waals surface area contributed by atoms with Gasteiger partial charge >= 0.3 is 5.97 Å². The second-order valence-electron chi connectivity index (χ2n) is 7.72. The summed E-state index contributed by atoms with van der Waals surface area (Å²) in [5.74, 6) is -0.419. The van der Waals surface area contributed by atoms with E-state index in [9.17, 15) is 9.59 Å². The molecule has 1 amide bonds. The van der Waals surface area contributed by atoms with E-state index in [0.717, 1.165) is 30.5 Å². The third kappa shape index (κ3) is 4.94. The van der Waals surface area contributed by atoms with Crippen molar-refractivity contribution in [1.29, 1.82) is 0 Å². The molecule has 0 spiro atoms. The van der Waals surface area contributed by atoms with Crippen LogP contribution < -0.4 is 5.32 Å². The summed E-state index contributed by atoms with van der Waals surface area (Å²) in [6.07, 6.45) is 2.82. The molecule has 0 atom stereocenters. The second kappa shape index (κ2) is 10.4. The van der Waals surface area contributed by atoms with Gasteiger partial charge in [-0.25, -0.2) is 4.79 Å². The quantitative estimate of drug-likeness (QED) is 0.230. The molecule has 0 aliphatic rings. The van der Waals surface area contributed by atoms with Crippen LogP contribution in [0.5, 0.6) is 0 Å². The highest BCUT2D eigenvalue weighted by Crippen LogP contribution is 2.34. The number of amides is 1. The number of fused-ring (bicyclic) bond motifs is 1. The fourth-order valence-electron chi connectivity index (χ4n) is 3.78. The second-order valence-corrected chi connectivity index (χ2v) is 8.15. The first-order valence-corrected chi connectivity index (χ1v) is 11.4. The van der Waals surface area contributed by atoms with Gasteiger partial charge in [0.15, 0.2) is 0 Å². The monoisotopic (exact) mass is 460 g/mol. The number of aromatic nitrogens is 1. The van der Waals surface area contributed by atoms with E-state index in [4.69, 9.17) is 16.3 Å². The number of unbranched alkanes of at least 4 members (excludes halogenated alkanes) is 2. The summed E-state index contributed by atoms with van der Waals surface area (Å²) in [5, 5.41) is 4.22. The fraction of sp³-hybridized carbons (Fsp3) is 0.185. The van der Waals surface area contributed by atoms with E-state index in [1.807, 2.05) is 59.2 Å². The van der Waals surface area contributed by atoms with Crippen molar-refractivity contribution >= 4 is 40.2 Å². The van der Waals surface area contributed by atoms with Crippen LogP contribution >= 0.6 is 11.6 Å². The summed E-state index contributed by atoms with van der Waals surface area (Å²) in [6.45, 7) is 2.43. The molecule has 0 saturated carbocycles. The van der Waals surface area contributed by atoms with Crippen molar-refractivity contribution < 1.29 is 14.3 Å². The normalized spacial score (nSPS) is 10.8. The van der Waals surface area contributed by atoms with Crippen molar-refractivity contribution in [1.82, 2.24) is 4.57 Å². The Bertz CT molecular complexity index is 1260. The van der Waals surface area contributed by atoms with E-state index >= 15 is 0 Å². The number of rotatable bonds is 8. The minimum Gasteiger partial charge on any atom is -0.462 e. The van der Waals surface area contributed by atoms with Gasteiger partial charge in [0, 0.05) is 21.7 Å². The largest absolute Gasteiger partial charge is 0.462 e. The Morgan fingerprint density at radius 1 is 0.909 bits per heavy atom. The molecule has 0 radical (unpaired) electrons. The van der Waals surface area contributed by atoms with Crippen molar-refractivity contribution in [3.8, 4) is 5.69 Å². The fourth-order valence-corrected chi connectivity index (χ4v) is 3.91. The summed E-state index contributed by atoms with van der Waals surface area (Å²) in [6, 6.07) is 23.8. The number of halogens is 1. The van der Waals surface area contributed by atoms with E-state index in [1.54, 1.807) is 24.3 Å². The Balaban J connectivity index is 1.83. The molecule has 0 saturated heterocycles. The molecular weight excluding hydrogens is 436 g/mol. The van der Waals surface area contributed by atoms with Gasteiger partial charge in [0.05, 0.1) is 12.1 Å². The van der Waals surface area contributed by atoms with E-state index in [-0.39, 0.29) is 5.91 Å². The zero-order valence-corrected chi connectivity index (χ0v) is 19.1. The number of anilines is 1. The molecule has 4 aromatic rings. The topological polar surface area (TPSA) is 60.3 Å². The number of carbonyl (C=O) groups excluding carboxylic acids is 2. The van der Waals surface area contributed by atoms with Crippen LogP contribution in [0.2, 0.25) is 5.02 Å². The number of esters is 1. The summed E-state index contributed by atoms with van der Waals surface area (Å²) in [5.41, 5.74) is 2.40. The minimum absolute atomic E-state index is 0.335. The van der Waals surface area contributed by atoms with Crippen LogP contribution in [0.1, 0.15) is 46.9 Å². The van der Waals surface area contributed by atoms with Gasteiger partial charge in [-0.1, -0.05) is 67.8 Å². The van der Waals surface area contributed by atoms with Gasteiger partial charge in [-0.05, 0) is 48.9 Å². The van der Waals surface area contributed by atoms with Gasteiger partial charge in [-0.15, -0.1) is 0 Å². The Hall–Kier alpha value is -3.57. The van der Waals surface area contributed by atoms with Crippen LogP contribution in [0, 0.1) is 0 Å². The number of hydrogen-bond donors (Lipinski definition) is 1. The van der Waals surface area contributed by atoms with E-state index in [1.165, 1.54) is 0 Å². The molecule has 1 heterocycles. The SMILES string of the molecule is CCCCCOC(=O)c1c(NC(=O)c2ccc(Cl)cc2)n(-c2ccccc2)c2ccccc12. The smallest absolute Gasteiger partial charge is 0.342 e. The van der Waals surface area contributed by atoms with Crippen LogP contribution in [0.4, 0.5) is 5.82 Å². The molecule has 3 aromatic carbocycles. The molecule has 6 heteroatoms. The predicted octanol–water partition coefficient (Wildman–Crippen LogP) is 6.88. The van der Waals surface area contributed by atoms with Gasteiger partial charge in [-0.3, -0.25) is 9.36 Å². The predicted molar refractivity (Wildman–Crippen MR) is 132 cm³/mol. The van der Waals surface area contributed by atoms with E-state index < -0.39 is 5.97 Å². The van der Waals surface area contributed by atoms with Crippen LogP contribution in [-0.4, -0.2) is 23.1 Å².